The molecular weight excluding hydrogens is 601 g/mol. The van der Waals surface area contributed by atoms with Crippen molar-refractivity contribution in [2.45, 2.75) is 26.2 Å². The Balaban J connectivity index is 1.47. The fraction of sp³-hybridized carbons (Fsp3) is 0.0800. The van der Waals surface area contributed by atoms with Crippen LogP contribution in [0.1, 0.15) is 26.3 Å². The molecule has 0 spiro atoms. The molecule has 0 aliphatic heterocycles. The maximum Gasteiger partial charge on any atom is -0.00142 e. The summed E-state index contributed by atoms with van der Waals surface area (Å²) in [6, 6.07) is 65.1. The lowest BCUT2D eigenvalue weighted by atomic mass is 9.75. The molecule has 0 bridgehead atoms. The molecule has 0 radical (unpaired) electrons. The first-order chi connectivity index (χ1) is 24.5. The molecule has 0 nitrogen and oxygen atoms in total. The van der Waals surface area contributed by atoms with Gasteiger partial charge in [0.25, 0.3) is 0 Å². The SMILES string of the molecule is CC(C)(C)c1ccc2cc3ccccc3c(-c3ccccc3-c3cccc4ccccc34)c2c1-c1ccccc1-c1cccc2ccccc12. The van der Waals surface area contributed by atoms with E-state index in [1.165, 1.54) is 93.2 Å². The monoisotopic (exact) mass is 638 g/mol. The molecule has 9 aromatic carbocycles. The van der Waals surface area contributed by atoms with Crippen molar-refractivity contribution in [2.24, 2.45) is 0 Å². The Bertz CT molecular complexity index is 2730. The van der Waals surface area contributed by atoms with E-state index in [1.54, 1.807) is 0 Å². The molecule has 0 heteroatoms. The lowest BCUT2D eigenvalue weighted by Gasteiger charge is -2.28. The van der Waals surface area contributed by atoms with Crippen LogP contribution < -0.4 is 0 Å². The van der Waals surface area contributed by atoms with Crippen molar-refractivity contribution < 1.29 is 0 Å². The van der Waals surface area contributed by atoms with Gasteiger partial charge in [0.2, 0.25) is 0 Å². The van der Waals surface area contributed by atoms with Crippen LogP contribution in [0.25, 0.3) is 87.6 Å². The summed E-state index contributed by atoms with van der Waals surface area (Å²) in [5.41, 5.74) is 11.4. The summed E-state index contributed by atoms with van der Waals surface area (Å²) in [6.45, 7) is 7.05. The van der Waals surface area contributed by atoms with Crippen LogP contribution in [-0.2, 0) is 5.41 Å². The second-order valence-corrected chi connectivity index (χ2v) is 14.5. The predicted octanol–water partition coefficient (Wildman–Crippen LogP) is 14.3. The molecule has 9 aromatic rings. The Morgan fingerprint density at radius 3 is 1.28 bits per heavy atom. The van der Waals surface area contributed by atoms with E-state index in [4.69, 9.17) is 0 Å². The number of rotatable bonds is 4. The summed E-state index contributed by atoms with van der Waals surface area (Å²) in [4.78, 5) is 0. The first-order valence-electron chi connectivity index (χ1n) is 17.6. The fourth-order valence-electron chi connectivity index (χ4n) is 8.14. The third-order valence-corrected chi connectivity index (χ3v) is 10.4. The van der Waals surface area contributed by atoms with Gasteiger partial charge < -0.3 is 0 Å². The highest BCUT2D eigenvalue weighted by atomic mass is 14.3. The lowest BCUT2D eigenvalue weighted by molar-refractivity contribution is 0.593. The van der Waals surface area contributed by atoms with Crippen molar-refractivity contribution in [3.8, 4) is 44.5 Å². The molecule has 0 saturated heterocycles. The van der Waals surface area contributed by atoms with Crippen LogP contribution >= 0.6 is 0 Å². The molecule has 0 heterocycles. The van der Waals surface area contributed by atoms with Crippen molar-refractivity contribution in [2.75, 3.05) is 0 Å². The number of benzene rings is 9. The Hall–Kier alpha value is -5.98. The van der Waals surface area contributed by atoms with E-state index in [0.717, 1.165) is 0 Å². The quantitative estimate of drug-likeness (QED) is 0.168. The zero-order valence-electron chi connectivity index (χ0n) is 28.7. The lowest BCUT2D eigenvalue weighted by Crippen LogP contribution is -2.13. The molecule has 0 atom stereocenters. The molecular formula is C50H38. The molecule has 0 aliphatic carbocycles. The minimum absolute atomic E-state index is 0.104. The minimum atomic E-state index is -0.104. The van der Waals surface area contributed by atoms with Gasteiger partial charge in [0, 0.05) is 0 Å². The number of hydrogen-bond acceptors (Lipinski definition) is 0. The first kappa shape index (κ1) is 30.1. The highest BCUT2D eigenvalue weighted by Crippen LogP contribution is 2.50. The van der Waals surface area contributed by atoms with Crippen LogP contribution in [0.5, 0.6) is 0 Å². The van der Waals surface area contributed by atoms with Crippen LogP contribution in [0.2, 0.25) is 0 Å². The summed E-state index contributed by atoms with van der Waals surface area (Å²) < 4.78 is 0. The average molecular weight is 639 g/mol. The van der Waals surface area contributed by atoms with Gasteiger partial charge in [-0.3, -0.25) is 0 Å². The number of hydrogen-bond donors (Lipinski definition) is 0. The highest BCUT2D eigenvalue weighted by molar-refractivity contribution is 6.21. The molecule has 0 aliphatic rings. The Morgan fingerprint density at radius 1 is 0.300 bits per heavy atom. The molecule has 238 valence electrons. The van der Waals surface area contributed by atoms with E-state index < -0.39 is 0 Å². The summed E-state index contributed by atoms with van der Waals surface area (Å²) in [6.07, 6.45) is 0. The number of fused-ring (bicyclic) bond motifs is 4. The van der Waals surface area contributed by atoms with Gasteiger partial charge in [-0.15, -0.1) is 0 Å². The van der Waals surface area contributed by atoms with E-state index in [1.807, 2.05) is 0 Å². The maximum atomic E-state index is 2.39. The first-order valence-corrected chi connectivity index (χ1v) is 17.6. The van der Waals surface area contributed by atoms with Gasteiger partial charge in [0.15, 0.2) is 0 Å². The van der Waals surface area contributed by atoms with Crippen molar-refractivity contribution >= 4 is 43.1 Å². The van der Waals surface area contributed by atoms with E-state index in [0.29, 0.717) is 0 Å². The van der Waals surface area contributed by atoms with E-state index in [2.05, 4.69) is 197 Å². The van der Waals surface area contributed by atoms with Crippen molar-refractivity contribution in [3.05, 3.63) is 181 Å². The maximum absolute atomic E-state index is 2.39. The summed E-state index contributed by atoms with van der Waals surface area (Å²) in [7, 11) is 0. The van der Waals surface area contributed by atoms with Crippen molar-refractivity contribution in [1.29, 1.82) is 0 Å². The molecule has 0 fully saturated rings. The van der Waals surface area contributed by atoms with Gasteiger partial charge in [-0.1, -0.05) is 191 Å². The molecule has 0 saturated carbocycles. The van der Waals surface area contributed by atoms with Gasteiger partial charge in [-0.05, 0) is 105 Å². The van der Waals surface area contributed by atoms with Gasteiger partial charge >= 0.3 is 0 Å². The highest BCUT2D eigenvalue weighted by Gasteiger charge is 2.26. The molecule has 0 aromatic heterocycles. The van der Waals surface area contributed by atoms with Crippen molar-refractivity contribution in [3.63, 3.8) is 0 Å². The molecule has 9 rings (SSSR count). The Morgan fingerprint density at radius 2 is 0.720 bits per heavy atom. The van der Waals surface area contributed by atoms with Gasteiger partial charge in [0.05, 0.1) is 0 Å². The summed E-state index contributed by atoms with van der Waals surface area (Å²) in [5, 5.41) is 10.1. The summed E-state index contributed by atoms with van der Waals surface area (Å²) >= 11 is 0. The third kappa shape index (κ3) is 4.91. The topological polar surface area (TPSA) is 0 Å². The zero-order valence-corrected chi connectivity index (χ0v) is 28.7. The van der Waals surface area contributed by atoms with E-state index >= 15 is 0 Å². The van der Waals surface area contributed by atoms with Crippen LogP contribution in [-0.4, -0.2) is 0 Å². The van der Waals surface area contributed by atoms with Crippen LogP contribution in [0, 0.1) is 0 Å². The molecule has 0 amide bonds. The van der Waals surface area contributed by atoms with E-state index in [-0.39, 0.29) is 5.41 Å². The average Bonchev–Trinajstić information content (AvgIpc) is 3.16. The minimum Gasteiger partial charge on any atom is -0.0616 e. The van der Waals surface area contributed by atoms with Crippen LogP contribution in [0.15, 0.2) is 176 Å². The van der Waals surface area contributed by atoms with E-state index in [9.17, 15) is 0 Å². The Kier molecular flexibility index (Phi) is 7.14. The Labute approximate surface area is 294 Å². The summed E-state index contributed by atoms with van der Waals surface area (Å²) in [5.74, 6) is 0. The predicted molar refractivity (Wildman–Crippen MR) is 217 cm³/mol. The fourth-order valence-corrected chi connectivity index (χ4v) is 8.14. The van der Waals surface area contributed by atoms with Crippen LogP contribution in [0.3, 0.4) is 0 Å². The standard InChI is InChI=1S/C50H38/c1-50(2,3)46-31-30-36-32-35-18-6-9-23-39(35)48(44-26-12-10-24-42(44)40-28-14-19-33-16-4-7-21-37(33)40)47(36)49(46)45-27-13-11-25-43(45)41-29-15-20-34-17-5-8-22-38(34)41/h4-32H,1-3H3. The molecule has 0 unspecified atom stereocenters. The normalized spacial score (nSPS) is 11.9. The van der Waals surface area contributed by atoms with Crippen molar-refractivity contribution in [1.82, 2.24) is 0 Å². The second kappa shape index (κ2) is 11.9. The smallest absolute Gasteiger partial charge is 0.00142 e. The third-order valence-electron chi connectivity index (χ3n) is 10.4. The second-order valence-electron chi connectivity index (χ2n) is 14.5. The largest absolute Gasteiger partial charge is 0.0616 e. The van der Waals surface area contributed by atoms with Gasteiger partial charge in [-0.25, -0.2) is 0 Å². The van der Waals surface area contributed by atoms with Gasteiger partial charge in [-0.2, -0.15) is 0 Å². The van der Waals surface area contributed by atoms with Gasteiger partial charge in [0.1, 0.15) is 0 Å². The molecule has 0 N–H and O–H groups in total. The molecule has 50 heavy (non-hydrogen) atoms. The van der Waals surface area contributed by atoms with Crippen LogP contribution in [0.4, 0.5) is 0 Å². The zero-order chi connectivity index (χ0) is 33.8.